The van der Waals surface area contributed by atoms with Crippen LogP contribution in [0.5, 0.6) is 0 Å². The lowest BCUT2D eigenvalue weighted by Gasteiger charge is -2.10. The van der Waals surface area contributed by atoms with E-state index in [0.717, 1.165) is 0 Å². The van der Waals surface area contributed by atoms with Gasteiger partial charge in [0.1, 0.15) is 0 Å². The van der Waals surface area contributed by atoms with Gasteiger partial charge in [0.15, 0.2) is 12.2 Å². The van der Waals surface area contributed by atoms with Crippen molar-refractivity contribution in [2.24, 2.45) is 0 Å². The second-order valence-electron chi connectivity index (χ2n) is 1.81. The Morgan fingerprint density at radius 1 is 1.89 bits per heavy atom. The maximum absolute atomic E-state index is 10.4. The highest BCUT2D eigenvalue weighted by molar-refractivity contribution is 5.82. The molecule has 0 aliphatic carbocycles. The molecule has 0 unspecified atom stereocenters. The average molecular weight is 123 g/mol. The van der Waals surface area contributed by atoms with E-state index < -0.39 is 0 Å². The molecule has 0 radical (unpaired) electrons. The molecule has 0 aromatic heterocycles. The van der Waals surface area contributed by atoms with Crippen molar-refractivity contribution in [1.82, 2.24) is 0 Å². The summed E-state index contributed by atoms with van der Waals surface area (Å²) in [5, 5.41) is 0. The number of rotatable bonds is 1. The van der Waals surface area contributed by atoms with Gasteiger partial charge in [-0.1, -0.05) is 6.08 Å². The smallest absolute Gasteiger partial charge is 0.331 e. The monoisotopic (exact) mass is 123 g/mol. The highest BCUT2D eigenvalue weighted by Crippen LogP contribution is 2.06. The summed E-state index contributed by atoms with van der Waals surface area (Å²) in [5.74, 6) is -0.312. The first-order chi connectivity index (χ1) is 4.33. The molecule has 1 heterocycles. The van der Waals surface area contributed by atoms with Crippen molar-refractivity contribution < 1.29 is 9.53 Å². The summed E-state index contributed by atoms with van der Waals surface area (Å²) in [5.41, 5.74) is 0. The van der Waals surface area contributed by atoms with Crippen LogP contribution in [0.2, 0.25) is 0 Å². The molecule has 0 spiro atoms. The maximum Gasteiger partial charge on any atom is 0.331 e. The topological polar surface area (TPSA) is 26.3 Å². The number of cyclic esters (lactones) is 1. The van der Waals surface area contributed by atoms with E-state index in [1.165, 1.54) is 12.2 Å². The van der Waals surface area contributed by atoms with Crippen molar-refractivity contribution in [3.63, 3.8) is 0 Å². The van der Waals surface area contributed by atoms with Gasteiger partial charge in [-0.05, 0) is 0 Å². The Kier molecular flexibility index (Phi) is 1.61. The van der Waals surface area contributed by atoms with E-state index in [1.807, 2.05) is 0 Å². The fraction of sp³-hybridized carbons (Fsp3) is 0.286. The first-order valence-electron chi connectivity index (χ1n) is 2.75. The molecule has 0 aromatic rings. The predicted octanol–water partition coefficient (Wildman–Crippen LogP) is 0.847. The van der Waals surface area contributed by atoms with Gasteiger partial charge in [-0.25, -0.2) is 4.79 Å². The van der Waals surface area contributed by atoms with E-state index >= 15 is 0 Å². The van der Waals surface area contributed by atoms with Crippen LogP contribution < -0.4 is 0 Å². The van der Waals surface area contributed by atoms with Gasteiger partial charge < -0.3 is 4.74 Å². The Labute approximate surface area is 53.8 Å². The summed E-state index contributed by atoms with van der Waals surface area (Å²) in [6, 6.07) is 0. The summed E-state index contributed by atoms with van der Waals surface area (Å²) in [6.45, 7) is 5.13. The lowest BCUT2D eigenvalue weighted by Crippen LogP contribution is -2.16. The molecule has 9 heavy (non-hydrogen) atoms. The Hall–Kier alpha value is -1.14. The molecular weight excluding hydrogens is 116 g/mol. The van der Waals surface area contributed by atoms with Crippen LogP contribution in [0.1, 0.15) is 6.42 Å². The molecule has 0 saturated heterocycles. The summed E-state index contributed by atoms with van der Waals surface area (Å²) in [7, 11) is 0. The maximum atomic E-state index is 10.4. The van der Waals surface area contributed by atoms with Crippen LogP contribution in [-0.2, 0) is 9.53 Å². The molecule has 2 heteroatoms. The van der Waals surface area contributed by atoms with E-state index in [2.05, 4.69) is 0 Å². The van der Waals surface area contributed by atoms with E-state index in [1.54, 1.807) is 6.08 Å². The first-order valence-corrected chi connectivity index (χ1v) is 2.75. The van der Waals surface area contributed by atoms with Crippen LogP contribution >= 0.6 is 0 Å². The largest absolute Gasteiger partial charge is 0.450 e. The average Bonchev–Trinajstić information content (AvgIpc) is 1.88. The van der Waals surface area contributed by atoms with Gasteiger partial charge in [0.25, 0.3) is 0 Å². The second-order valence-corrected chi connectivity index (χ2v) is 1.81. The standard InChI is InChI=1S/C7H7O2/c1-2-6-4-3-5-7(8)9-6/h1-3,5-6H,4H2/q+1/t6-/m0/s1. The number of hydrogen-bond acceptors (Lipinski definition) is 2. The highest BCUT2D eigenvalue weighted by Gasteiger charge is 2.14. The van der Waals surface area contributed by atoms with Gasteiger partial charge in [0.05, 0.1) is 0 Å². The minimum atomic E-state index is -0.312. The van der Waals surface area contributed by atoms with Crippen molar-refractivity contribution >= 4 is 5.97 Å². The van der Waals surface area contributed by atoms with Crippen LogP contribution in [0.15, 0.2) is 18.2 Å². The number of carbonyl (C=O) groups is 1. The van der Waals surface area contributed by atoms with Crippen LogP contribution in [0, 0.1) is 6.58 Å². The molecule has 46 valence electrons. The van der Waals surface area contributed by atoms with Crippen LogP contribution in [0.3, 0.4) is 0 Å². The lowest BCUT2D eigenvalue weighted by atomic mass is 10.2. The molecule has 0 fully saturated rings. The van der Waals surface area contributed by atoms with Gasteiger partial charge in [-0.15, -0.1) is 0 Å². The molecule has 0 aromatic carbocycles. The third kappa shape index (κ3) is 1.37. The van der Waals surface area contributed by atoms with Crippen molar-refractivity contribution in [2.45, 2.75) is 12.5 Å². The molecule has 2 nitrogen and oxygen atoms in total. The SMILES string of the molecule is [CH+]=C[C@H]1CC=CC(=O)O1. The summed E-state index contributed by atoms with van der Waals surface area (Å²) < 4.78 is 4.73. The van der Waals surface area contributed by atoms with Gasteiger partial charge in [0, 0.05) is 12.5 Å². The fourth-order valence-corrected chi connectivity index (χ4v) is 0.653. The normalized spacial score (nSPS) is 25.2. The molecule has 0 bridgehead atoms. The van der Waals surface area contributed by atoms with E-state index in [9.17, 15) is 4.79 Å². The minimum absolute atomic E-state index is 0.220. The van der Waals surface area contributed by atoms with E-state index in [0.29, 0.717) is 6.42 Å². The van der Waals surface area contributed by atoms with Crippen molar-refractivity contribution in [3.8, 4) is 0 Å². The highest BCUT2D eigenvalue weighted by atomic mass is 16.5. The lowest BCUT2D eigenvalue weighted by molar-refractivity contribution is -0.141. The van der Waals surface area contributed by atoms with Crippen molar-refractivity contribution in [3.05, 3.63) is 24.8 Å². The zero-order valence-electron chi connectivity index (χ0n) is 4.91. The number of esters is 1. The van der Waals surface area contributed by atoms with Gasteiger partial charge in [-0.2, -0.15) is 0 Å². The van der Waals surface area contributed by atoms with Gasteiger partial charge in [0.2, 0.25) is 6.58 Å². The number of hydrogen-bond donors (Lipinski definition) is 0. The van der Waals surface area contributed by atoms with Crippen LogP contribution in [0.4, 0.5) is 0 Å². The first kappa shape index (κ1) is 5.99. The fourth-order valence-electron chi connectivity index (χ4n) is 0.653. The molecule has 0 saturated carbocycles. The van der Waals surface area contributed by atoms with Gasteiger partial charge >= 0.3 is 5.97 Å². The van der Waals surface area contributed by atoms with Gasteiger partial charge in [-0.3, -0.25) is 0 Å². The Bertz CT molecular complexity index is 158. The predicted molar refractivity (Wildman–Crippen MR) is 32.5 cm³/mol. The zero-order valence-corrected chi connectivity index (χ0v) is 4.91. The zero-order chi connectivity index (χ0) is 6.69. The number of carbonyl (C=O) groups excluding carboxylic acids is 1. The minimum Gasteiger partial charge on any atom is -0.450 e. The van der Waals surface area contributed by atoms with Crippen molar-refractivity contribution in [1.29, 1.82) is 0 Å². The molecule has 1 aliphatic rings. The molecular formula is C7H7O2+. The quantitative estimate of drug-likeness (QED) is 0.381. The van der Waals surface area contributed by atoms with E-state index in [-0.39, 0.29) is 12.1 Å². The molecule has 1 rings (SSSR count). The summed E-state index contributed by atoms with van der Waals surface area (Å²) >= 11 is 0. The van der Waals surface area contributed by atoms with Crippen LogP contribution in [-0.4, -0.2) is 12.1 Å². The van der Waals surface area contributed by atoms with E-state index in [4.69, 9.17) is 11.3 Å². The Morgan fingerprint density at radius 3 is 3.11 bits per heavy atom. The molecule has 1 aliphatic heterocycles. The van der Waals surface area contributed by atoms with Crippen LogP contribution in [0.25, 0.3) is 0 Å². The molecule has 1 atom stereocenters. The molecule has 0 N–H and O–H groups in total. The molecule has 0 amide bonds. The third-order valence-corrected chi connectivity index (χ3v) is 1.10. The number of ether oxygens (including phenoxy) is 1. The summed E-state index contributed by atoms with van der Waals surface area (Å²) in [6.07, 6.45) is 5.01. The third-order valence-electron chi connectivity index (χ3n) is 1.10. The van der Waals surface area contributed by atoms with Crippen molar-refractivity contribution in [2.75, 3.05) is 0 Å². The second kappa shape index (κ2) is 2.42. The Balaban J connectivity index is 2.56. The summed E-state index contributed by atoms with van der Waals surface area (Å²) in [4.78, 5) is 10.4. The Morgan fingerprint density at radius 2 is 2.67 bits per heavy atom.